The van der Waals surface area contributed by atoms with Gasteiger partial charge in [-0.2, -0.15) is 0 Å². The fourth-order valence-electron chi connectivity index (χ4n) is 1.80. The third kappa shape index (κ3) is 2.79. The van der Waals surface area contributed by atoms with Crippen LogP contribution >= 0.6 is 11.3 Å². The second-order valence-electron chi connectivity index (χ2n) is 4.14. The summed E-state index contributed by atoms with van der Waals surface area (Å²) in [6, 6.07) is 3.36. The molecule has 1 aromatic carbocycles. The molecule has 0 aliphatic heterocycles. The number of benzene rings is 1. The van der Waals surface area contributed by atoms with Crippen LogP contribution < -0.4 is 5.32 Å². The molecule has 2 aromatic rings. The number of hydrogen-bond donors (Lipinski definition) is 2. The normalized spacial score (nSPS) is 10.2. The van der Waals surface area contributed by atoms with Crippen LogP contribution in [0.2, 0.25) is 0 Å². The van der Waals surface area contributed by atoms with Crippen LogP contribution in [-0.4, -0.2) is 22.0 Å². The summed E-state index contributed by atoms with van der Waals surface area (Å²) in [7, 11) is 0. The van der Waals surface area contributed by atoms with Gasteiger partial charge >= 0.3 is 5.97 Å². The minimum absolute atomic E-state index is 0.0843. The molecule has 98 valence electrons. The van der Waals surface area contributed by atoms with E-state index in [0.29, 0.717) is 11.3 Å². The molecule has 0 unspecified atom stereocenters. The molecule has 2 N–H and O–H groups in total. The molecule has 6 heteroatoms. The lowest BCUT2D eigenvalue weighted by Gasteiger charge is -2.12. The molecule has 1 aromatic heterocycles. The summed E-state index contributed by atoms with van der Waals surface area (Å²) in [6.45, 7) is 3.57. The Morgan fingerprint density at radius 3 is 2.63 bits per heavy atom. The number of carbonyl (C=O) groups is 2. The quantitative estimate of drug-likeness (QED) is 0.903. The molecule has 19 heavy (non-hydrogen) atoms. The topological polar surface area (TPSA) is 79.3 Å². The Hall–Kier alpha value is -2.21. The van der Waals surface area contributed by atoms with Gasteiger partial charge in [-0.15, -0.1) is 11.3 Å². The van der Waals surface area contributed by atoms with E-state index in [1.165, 1.54) is 17.4 Å². The number of nitrogens with one attached hydrogen (secondary N) is 1. The molecule has 0 saturated carbocycles. The first kappa shape index (κ1) is 13.2. The predicted octanol–water partition coefficient (Wildman–Crippen LogP) is 2.71. The summed E-state index contributed by atoms with van der Waals surface area (Å²) < 4.78 is 0. The first-order valence-electron chi connectivity index (χ1n) is 5.53. The van der Waals surface area contributed by atoms with Gasteiger partial charge in [-0.3, -0.25) is 4.79 Å². The van der Waals surface area contributed by atoms with Crippen molar-refractivity contribution in [1.29, 1.82) is 0 Å². The lowest BCUT2D eigenvalue weighted by atomic mass is 10.0. The molecule has 0 atom stereocenters. The maximum atomic E-state index is 11.9. The minimum Gasteiger partial charge on any atom is -0.478 e. The average Bonchev–Trinajstić information content (AvgIpc) is 2.85. The monoisotopic (exact) mass is 276 g/mol. The Labute approximate surface area is 113 Å². The zero-order valence-electron chi connectivity index (χ0n) is 10.4. The number of thiazole rings is 1. The van der Waals surface area contributed by atoms with Crippen molar-refractivity contribution in [2.45, 2.75) is 13.8 Å². The van der Waals surface area contributed by atoms with E-state index in [-0.39, 0.29) is 11.3 Å². The number of hydrogen-bond acceptors (Lipinski definition) is 4. The molecule has 0 saturated heterocycles. The highest BCUT2D eigenvalue weighted by Crippen LogP contribution is 2.23. The highest BCUT2D eigenvalue weighted by molar-refractivity contribution is 7.07. The number of aromatic nitrogens is 1. The van der Waals surface area contributed by atoms with Gasteiger partial charge in [0, 0.05) is 5.38 Å². The fraction of sp³-hybridized carbons (Fsp3) is 0.154. The lowest BCUT2D eigenvalue weighted by molar-refractivity contribution is 0.0698. The molecular weight excluding hydrogens is 264 g/mol. The van der Waals surface area contributed by atoms with Gasteiger partial charge in [0.15, 0.2) is 0 Å². The summed E-state index contributed by atoms with van der Waals surface area (Å²) in [4.78, 5) is 27.0. The van der Waals surface area contributed by atoms with Crippen molar-refractivity contribution in [2.75, 3.05) is 5.32 Å². The minimum atomic E-state index is -1.07. The predicted molar refractivity (Wildman–Crippen MR) is 72.9 cm³/mol. The van der Waals surface area contributed by atoms with Crippen molar-refractivity contribution in [3.63, 3.8) is 0 Å². The van der Waals surface area contributed by atoms with E-state index in [9.17, 15) is 14.7 Å². The number of carboxylic acid groups (broad SMARTS) is 1. The first-order valence-corrected chi connectivity index (χ1v) is 6.47. The Morgan fingerprint density at radius 1 is 1.32 bits per heavy atom. The molecule has 5 nitrogen and oxygen atoms in total. The van der Waals surface area contributed by atoms with Crippen molar-refractivity contribution >= 4 is 28.9 Å². The summed E-state index contributed by atoms with van der Waals surface area (Å²) in [5.74, 6) is -1.48. The molecular formula is C13H12N2O3S. The maximum absolute atomic E-state index is 11.9. The highest BCUT2D eigenvalue weighted by atomic mass is 32.1. The Morgan fingerprint density at radius 2 is 2.05 bits per heavy atom. The summed E-state index contributed by atoms with van der Waals surface area (Å²) >= 11 is 1.31. The van der Waals surface area contributed by atoms with Gasteiger partial charge in [0.25, 0.3) is 5.91 Å². The number of carbonyl (C=O) groups excluding carboxylic acids is 1. The van der Waals surface area contributed by atoms with Crippen LogP contribution in [0.15, 0.2) is 23.0 Å². The van der Waals surface area contributed by atoms with Gasteiger partial charge in [0.05, 0.1) is 16.8 Å². The molecule has 1 heterocycles. The highest BCUT2D eigenvalue weighted by Gasteiger charge is 2.17. The molecule has 0 aliphatic carbocycles. The van der Waals surface area contributed by atoms with Crippen molar-refractivity contribution in [2.24, 2.45) is 0 Å². The third-order valence-corrected chi connectivity index (χ3v) is 3.20. The SMILES string of the molecule is Cc1cc(C)c(NC(=O)c2cscn2)c(C(=O)O)c1. The zero-order valence-corrected chi connectivity index (χ0v) is 11.2. The van der Waals surface area contributed by atoms with Crippen LogP contribution in [0.4, 0.5) is 5.69 Å². The van der Waals surface area contributed by atoms with Crippen LogP contribution in [0.25, 0.3) is 0 Å². The van der Waals surface area contributed by atoms with E-state index in [1.54, 1.807) is 17.8 Å². The Bertz CT molecular complexity index is 636. The van der Waals surface area contributed by atoms with E-state index < -0.39 is 11.9 Å². The van der Waals surface area contributed by atoms with E-state index in [1.807, 2.05) is 13.0 Å². The molecule has 1 amide bonds. The molecule has 0 bridgehead atoms. The second-order valence-corrected chi connectivity index (χ2v) is 4.86. The lowest BCUT2D eigenvalue weighted by Crippen LogP contribution is -2.16. The van der Waals surface area contributed by atoms with Crippen molar-refractivity contribution in [3.8, 4) is 0 Å². The van der Waals surface area contributed by atoms with Crippen molar-refractivity contribution in [1.82, 2.24) is 4.98 Å². The molecule has 0 fully saturated rings. The van der Waals surface area contributed by atoms with Crippen LogP contribution in [-0.2, 0) is 0 Å². The van der Waals surface area contributed by atoms with Crippen molar-refractivity contribution < 1.29 is 14.7 Å². The fourth-order valence-corrected chi connectivity index (χ4v) is 2.34. The summed E-state index contributed by atoms with van der Waals surface area (Å²) in [6.07, 6.45) is 0. The number of carboxylic acids is 1. The third-order valence-electron chi connectivity index (χ3n) is 2.61. The standard InChI is InChI=1S/C13H12N2O3S/c1-7-3-8(2)11(9(4-7)13(17)18)15-12(16)10-5-19-6-14-10/h3-6H,1-2H3,(H,15,16)(H,17,18). The number of rotatable bonds is 3. The van der Waals surface area contributed by atoms with Gasteiger partial charge < -0.3 is 10.4 Å². The Kier molecular flexibility index (Phi) is 3.62. The number of aryl methyl sites for hydroxylation is 2. The molecule has 0 aliphatic rings. The maximum Gasteiger partial charge on any atom is 0.337 e. The first-order chi connectivity index (χ1) is 8.99. The number of amides is 1. The number of anilines is 1. The largest absolute Gasteiger partial charge is 0.478 e. The molecule has 2 rings (SSSR count). The smallest absolute Gasteiger partial charge is 0.337 e. The van der Waals surface area contributed by atoms with Gasteiger partial charge in [0.1, 0.15) is 5.69 Å². The summed E-state index contributed by atoms with van der Waals surface area (Å²) in [5, 5.41) is 13.4. The van der Waals surface area contributed by atoms with Crippen LogP contribution in [0.5, 0.6) is 0 Å². The van der Waals surface area contributed by atoms with E-state index in [2.05, 4.69) is 10.3 Å². The zero-order chi connectivity index (χ0) is 14.0. The second kappa shape index (κ2) is 5.19. The van der Waals surface area contributed by atoms with Gasteiger partial charge in [-0.1, -0.05) is 6.07 Å². The van der Waals surface area contributed by atoms with Crippen LogP contribution in [0.1, 0.15) is 32.0 Å². The number of aromatic carboxylic acids is 1. The van der Waals surface area contributed by atoms with Crippen LogP contribution in [0, 0.1) is 13.8 Å². The van der Waals surface area contributed by atoms with Crippen molar-refractivity contribution in [3.05, 3.63) is 45.4 Å². The van der Waals surface area contributed by atoms with Gasteiger partial charge in [-0.05, 0) is 31.0 Å². The van der Waals surface area contributed by atoms with Gasteiger partial charge in [-0.25, -0.2) is 9.78 Å². The van der Waals surface area contributed by atoms with E-state index in [4.69, 9.17) is 0 Å². The van der Waals surface area contributed by atoms with E-state index >= 15 is 0 Å². The summed E-state index contributed by atoms with van der Waals surface area (Å²) in [5.41, 5.74) is 3.77. The van der Waals surface area contributed by atoms with Crippen LogP contribution in [0.3, 0.4) is 0 Å². The number of nitrogens with zero attached hydrogens (tertiary/aromatic N) is 1. The Balaban J connectivity index is 2.39. The van der Waals surface area contributed by atoms with Gasteiger partial charge in [0.2, 0.25) is 0 Å². The van der Waals surface area contributed by atoms with E-state index in [0.717, 1.165) is 5.56 Å². The average molecular weight is 276 g/mol. The molecule has 0 radical (unpaired) electrons. The molecule has 0 spiro atoms.